The predicted molar refractivity (Wildman–Crippen MR) is 120 cm³/mol. The number of hydrogen-bond donors (Lipinski definition) is 2. The Balaban J connectivity index is 1.36. The lowest BCUT2D eigenvalue weighted by molar-refractivity contribution is -0.137. The minimum absolute atomic E-state index is 0.0119. The molecule has 0 saturated carbocycles. The number of carbonyl (C=O) groups is 2. The maximum Gasteiger partial charge on any atom is 0.416 e. The van der Waals surface area contributed by atoms with Crippen molar-refractivity contribution in [3.63, 3.8) is 0 Å². The van der Waals surface area contributed by atoms with Gasteiger partial charge < -0.3 is 15.3 Å². The van der Waals surface area contributed by atoms with Crippen molar-refractivity contribution < 1.29 is 27.9 Å². The number of amides is 2. The summed E-state index contributed by atoms with van der Waals surface area (Å²) in [6.07, 6.45) is -1.65. The SMILES string of the molecule is CN1C(CCC(=O)N2CCC(O)CC2)CNC(=O)C2C1CCN2Cc1ccc(C(F)(F)F)cc1. The van der Waals surface area contributed by atoms with Gasteiger partial charge in [-0.15, -0.1) is 0 Å². The molecule has 34 heavy (non-hydrogen) atoms. The van der Waals surface area contributed by atoms with Gasteiger partial charge in [-0.2, -0.15) is 13.2 Å². The van der Waals surface area contributed by atoms with Crippen LogP contribution < -0.4 is 5.32 Å². The Morgan fingerprint density at radius 2 is 1.79 bits per heavy atom. The van der Waals surface area contributed by atoms with Crippen LogP contribution >= 0.6 is 0 Å². The standard InChI is InChI=1S/C24H33F3N4O3/c1-29-18(6-7-21(33)30-11-8-19(32)9-12-30)14-28-23(34)22-20(29)10-13-31(22)15-16-2-4-17(5-3-16)24(25,26)27/h2-5,18-20,22,32H,6-15H2,1H3,(H,28,34). The molecule has 3 heterocycles. The monoisotopic (exact) mass is 482 g/mol. The molecule has 3 fully saturated rings. The molecule has 0 radical (unpaired) electrons. The zero-order chi connectivity index (χ0) is 24.5. The van der Waals surface area contributed by atoms with Crippen LogP contribution in [0.2, 0.25) is 0 Å². The van der Waals surface area contributed by atoms with Crippen LogP contribution in [-0.4, -0.2) is 89.1 Å². The summed E-state index contributed by atoms with van der Waals surface area (Å²) in [5, 5.41) is 12.7. The van der Waals surface area contributed by atoms with E-state index in [-0.39, 0.29) is 36.0 Å². The first kappa shape index (κ1) is 24.9. The van der Waals surface area contributed by atoms with Crippen molar-refractivity contribution in [3.8, 4) is 0 Å². The van der Waals surface area contributed by atoms with Crippen LogP contribution in [-0.2, 0) is 22.3 Å². The van der Waals surface area contributed by atoms with Crippen LogP contribution in [0.15, 0.2) is 24.3 Å². The number of likely N-dealkylation sites (N-methyl/N-ethyl adjacent to an activating group) is 1. The number of aliphatic hydroxyl groups excluding tert-OH is 1. The van der Waals surface area contributed by atoms with E-state index in [1.54, 1.807) is 0 Å². The fourth-order valence-corrected chi connectivity index (χ4v) is 5.42. The Morgan fingerprint density at radius 1 is 1.12 bits per heavy atom. The van der Waals surface area contributed by atoms with Crippen LogP contribution in [0.25, 0.3) is 0 Å². The number of fused-ring (bicyclic) bond motifs is 1. The summed E-state index contributed by atoms with van der Waals surface area (Å²) in [6, 6.07) is 4.75. The van der Waals surface area contributed by atoms with Crippen molar-refractivity contribution in [1.82, 2.24) is 20.0 Å². The molecule has 10 heteroatoms. The number of hydrogen-bond acceptors (Lipinski definition) is 5. The molecule has 4 rings (SSSR count). The van der Waals surface area contributed by atoms with Gasteiger partial charge in [-0.1, -0.05) is 12.1 Å². The second-order valence-electron chi connectivity index (χ2n) is 9.68. The van der Waals surface area contributed by atoms with Gasteiger partial charge >= 0.3 is 6.18 Å². The molecule has 3 saturated heterocycles. The van der Waals surface area contributed by atoms with Gasteiger partial charge in [0.25, 0.3) is 0 Å². The van der Waals surface area contributed by atoms with Gasteiger partial charge in [-0.05, 0) is 50.4 Å². The topological polar surface area (TPSA) is 76.1 Å². The lowest BCUT2D eigenvalue weighted by Crippen LogP contribution is -2.49. The van der Waals surface area contributed by atoms with Crippen molar-refractivity contribution in [2.75, 3.05) is 33.2 Å². The molecule has 1 aromatic carbocycles. The van der Waals surface area contributed by atoms with E-state index in [4.69, 9.17) is 0 Å². The number of alkyl halides is 3. The van der Waals surface area contributed by atoms with Gasteiger partial charge in [0.05, 0.1) is 11.7 Å². The average Bonchev–Trinajstić information content (AvgIpc) is 3.17. The number of carbonyl (C=O) groups excluding carboxylic acids is 2. The first-order valence-electron chi connectivity index (χ1n) is 12.0. The molecule has 3 aliphatic rings. The molecule has 2 amide bonds. The minimum Gasteiger partial charge on any atom is -0.393 e. The molecule has 0 aromatic heterocycles. The predicted octanol–water partition coefficient (Wildman–Crippen LogP) is 1.84. The second-order valence-corrected chi connectivity index (χ2v) is 9.68. The normalized spacial score (nSPS) is 27.4. The number of nitrogens with one attached hydrogen (secondary N) is 1. The van der Waals surface area contributed by atoms with Crippen LogP contribution in [0.5, 0.6) is 0 Å². The molecule has 0 spiro atoms. The summed E-state index contributed by atoms with van der Waals surface area (Å²) in [6.45, 7) is 2.71. The molecular formula is C24H33F3N4O3. The van der Waals surface area contributed by atoms with E-state index in [0.717, 1.165) is 24.1 Å². The highest BCUT2D eigenvalue weighted by Gasteiger charge is 2.45. The van der Waals surface area contributed by atoms with E-state index in [1.807, 2.05) is 16.8 Å². The molecule has 3 aliphatic heterocycles. The Labute approximate surface area is 197 Å². The molecule has 188 valence electrons. The van der Waals surface area contributed by atoms with Crippen LogP contribution in [0.4, 0.5) is 13.2 Å². The third-order valence-electron chi connectivity index (χ3n) is 7.53. The Kier molecular flexibility index (Phi) is 7.49. The first-order valence-corrected chi connectivity index (χ1v) is 12.0. The maximum absolute atomic E-state index is 13.0. The van der Waals surface area contributed by atoms with Gasteiger partial charge in [-0.3, -0.25) is 19.4 Å². The zero-order valence-corrected chi connectivity index (χ0v) is 19.4. The van der Waals surface area contributed by atoms with Crippen LogP contribution in [0.3, 0.4) is 0 Å². The summed E-state index contributed by atoms with van der Waals surface area (Å²) in [7, 11) is 1.99. The molecule has 0 aliphatic carbocycles. The summed E-state index contributed by atoms with van der Waals surface area (Å²) in [5.41, 5.74) is 0.0581. The number of rotatable bonds is 5. The summed E-state index contributed by atoms with van der Waals surface area (Å²) in [4.78, 5) is 31.6. The lowest BCUT2D eigenvalue weighted by atomic mass is 10.0. The van der Waals surface area contributed by atoms with Gasteiger partial charge in [-0.25, -0.2) is 0 Å². The average molecular weight is 483 g/mol. The number of piperidine rings is 1. The van der Waals surface area contributed by atoms with E-state index in [1.165, 1.54) is 12.1 Å². The van der Waals surface area contributed by atoms with Gasteiger partial charge in [0.1, 0.15) is 6.04 Å². The summed E-state index contributed by atoms with van der Waals surface area (Å²) in [5.74, 6) is 0.0166. The van der Waals surface area contributed by atoms with Crippen molar-refractivity contribution in [1.29, 1.82) is 0 Å². The molecule has 2 N–H and O–H groups in total. The second kappa shape index (κ2) is 10.2. The number of likely N-dealkylation sites (tertiary alicyclic amines) is 2. The smallest absolute Gasteiger partial charge is 0.393 e. The number of halogens is 3. The van der Waals surface area contributed by atoms with Crippen LogP contribution in [0.1, 0.15) is 43.2 Å². The largest absolute Gasteiger partial charge is 0.416 e. The quantitative estimate of drug-likeness (QED) is 0.670. The first-order chi connectivity index (χ1) is 16.1. The Bertz CT molecular complexity index is 871. The zero-order valence-electron chi connectivity index (χ0n) is 19.4. The van der Waals surface area contributed by atoms with Gasteiger partial charge in [0.15, 0.2) is 0 Å². The molecule has 7 nitrogen and oxygen atoms in total. The van der Waals surface area contributed by atoms with E-state index in [2.05, 4.69) is 10.2 Å². The Hall–Kier alpha value is -2.17. The lowest BCUT2D eigenvalue weighted by Gasteiger charge is -2.34. The minimum atomic E-state index is -4.37. The summed E-state index contributed by atoms with van der Waals surface area (Å²) < 4.78 is 38.6. The van der Waals surface area contributed by atoms with Crippen molar-refractivity contribution in [2.24, 2.45) is 0 Å². The number of benzene rings is 1. The molecule has 1 aromatic rings. The maximum atomic E-state index is 13.0. The van der Waals surface area contributed by atoms with Crippen molar-refractivity contribution in [3.05, 3.63) is 35.4 Å². The fraction of sp³-hybridized carbons (Fsp3) is 0.667. The molecule has 3 unspecified atom stereocenters. The third kappa shape index (κ3) is 5.55. The van der Waals surface area contributed by atoms with E-state index in [9.17, 15) is 27.9 Å². The van der Waals surface area contributed by atoms with E-state index < -0.39 is 11.7 Å². The van der Waals surface area contributed by atoms with Crippen molar-refractivity contribution in [2.45, 2.75) is 69.1 Å². The van der Waals surface area contributed by atoms with Crippen LogP contribution in [0, 0.1) is 0 Å². The molecule has 0 bridgehead atoms. The van der Waals surface area contributed by atoms with E-state index in [0.29, 0.717) is 58.4 Å². The number of aliphatic hydroxyl groups is 1. The number of nitrogens with zero attached hydrogens (tertiary/aromatic N) is 3. The summed E-state index contributed by atoms with van der Waals surface area (Å²) >= 11 is 0. The highest BCUT2D eigenvalue weighted by molar-refractivity contribution is 5.83. The molecular weight excluding hydrogens is 449 g/mol. The third-order valence-corrected chi connectivity index (χ3v) is 7.53. The van der Waals surface area contributed by atoms with E-state index >= 15 is 0 Å². The van der Waals surface area contributed by atoms with Crippen molar-refractivity contribution >= 4 is 11.8 Å². The van der Waals surface area contributed by atoms with Gasteiger partial charge in [0, 0.05) is 51.2 Å². The molecule has 3 atom stereocenters. The van der Waals surface area contributed by atoms with Gasteiger partial charge in [0.2, 0.25) is 11.8 Å². The highest BCUT2D eigenvalue weighted by Crippen LogP contribution is 2.31. The Morgan fingerprint density at radius 3 is 2.44 bits per heavy atom. The fourth-order valence-electron chi connectivity index (χ4n) is 5.42. The highest BCUT2D eigenvalue weighted by atomic mass is 19.4.